The number of nitrogens with zero attached hydrogens (tertiary/aromatic N) is 2. The monoisotopic (exact) mass is 261 g/mol. The Bertz CT molecular complexity index is 454. The van der Waals surface area contributed by atoms with Crippen LogP contribution in [0.2, 0.25) is 5.15 Å². The van der Waals surface area contributed by atoms with Gasteiger partial charge in [-0.15, -0.1) is 10.2 Å². The van der Waals surface area contributed by atoms with E-state index in [0.717, 1.165) is 13.0 Å². The smallest absolute Gasteiger partial charge is 0.201 e. The quantitative estimate of drug-likeness (QED) is 0.847. The molecule has 0 aromatic carbocycles. The summed E-state index contributed by atoms with van der Waals surface area (Å²) in [5.74, 6) is 0. The Morgan fingerprint density at radius 3 is 2.75 bits per heavy atom. The summed E-state index contributed by atoms with van der Waals surface area (Å²) in [5.41, 5.74) is 0. The van der Waals surface area contributed by atoms with Crippen LogP contribution >= 0.6 is 11.6 Å². The second kappa shape index (κ2) is 4.65. The molecule has 0 aliphatic carbocycles. The molecule has 0 radical (unpaired) electrons. The number of rotatable bonds is 2. The van der Waals surface area contributed by atoms with E-state index in [1.54, 1.807) is 0 Å². The van der Waals surface area contributed by atoms with E-state index < -0.39 is 15.1 Å². The Morgan fingerprint density at radius 1 is 1.38 bits per heavy atom. The molecule has 7 heteroatoms. The predicted molar refractivity (Wildman–Crippen MR) is 60.1 cm³/mol. The number of aromatic nitrogens is 2. The third-order valence-corrected chi connectivity index (χ3v) is 4.87. The van der Waals surface area contributed by atoms with Gasteiger partial charge in [0.15, 0.2) is 10.2 Å². The summed E-state index contributed by atoms with van der Waals surface area (Å²) in [5, 5.41) is 10.0. The molecule has 1 N–H and O–H groups in total. The van der Waals surface area contributed by atoms with Gasteiger partial charge in [0.05, 0.1) is 5.25 Å². The summed E-state index contributed by atoms with van der Waals surface area (Å²) in [7, 11) is -3.37. The number of hydrogen-bond donors (Lipinski definition) is 1. The molecule has 1 fully saturated rings. The molecule has 0 saturated carbocycles. The number of hydrogen-bond acceptors (Lipinski definition) is 5. The minimum absolute atomic E-state index is 0.00519. The van der Waals surface area contributed by atoms with E-state index in [0.29, 0.717) is 13.0 Å². The molecule has 5 nitrogen and oxygen atoms in total. The molecule has 1 saturated heterocycles. The van der Waals surface area contributed by atoms with Crippen molar-refractivity contribution in [3.63, 3.8) is 0 Å². The summed E-state index contributed by atoms with van der Waals surface area (Å²) < 4.78 is 24.2. The standard InChI is InChI=1S/C9H12ClN3O2S/c10-8-3-4-9(13-12-8)16(14,15)7-2-1-5-11-6-7/h3-4,7,11H,1-2,5-6H2/t7-/m0/s1. The van der Waals surface area contributed by atoms with E-state index in [1.807, 2.05) is 0 Å². The van der Waals surface area contributed by atoms with Gasteiger partial charge in [0.2, 0.25) is 9.84 Å². The highest BCUT2D eigenvalue weighted by Gasteiger charge is 2.30. The van der Waals surface area contributed by atoms with Gasteiger partial charge < -0.3 is 5.32 Å². The predicted octanol–water partition coefficient (Wildman–Crippen LogP) is 0.656. The van der Waals surface area contributed by atoms with Crippen LogP contribution in [0.4, 0.5) is 0 Å². The molecule has 88 valence electrons. The summed E-state index contributed by atoms with van der Waals surface area (Å²) in [6, 6.07) is 2.84. The Labute approximate surface area is 99.1 Å². The van der Waals surface area contributed by atoms with Crippen molar-refractivity contribution in [2.45, 2.75) is 23.1 Å². The highest BCUT2D eigenvalue weighted by Crippen LogP contribution is 2.19. The minimum Gasteiger partial charge on any atom is -0.315 e. The lowest BCUT2D eigenvalue weighted by Crippen LogP contribution is -2.39. The Morgan fingerprint density at radius 2 is 2.19 bits per heavy atom. The fourth-order valence-corrected chi connectivity index (χ4v) is 3.38. The van der Waals surface area contributed by atoms with Gasteiger partial charge in [-0.2, -0.15) is 0 Å². The minimum atomic E-state index is -3.37. The van der Waals surface area contributed by atoms with Gasteiger partial charge in [0, 0.05) is 6.54 Å². The first-order valence-corrected chi connectivity index (χ1v) is 6.97. The first-order chi connectivity index (χ1) is 7.60. The molecule has 0 unspecified atom stereocenters. The second-order valence-corrected chi connectivity index (χ2v) is 6.27. The lowest BCUT2D eigenvalue weighted by molar-refractivity contribution is 0.494. The molecule has 2 heterocycles. The van der Waals surface area contributed by atoms with Crippen LogP contribution in [0.15, 0.2) is 17.2 Å². The SMILES string of the molecule is O=S(=O)(c1ccc(Cl)nn1)[C@H]1CCCNC1. The highest BCUT2D eigenvalue weighted by atomic mass is 35.5. The van der Waals surface area contributed by atoms with Gasteiger partial charge in [-0.1, -0.05) is 11.6 Å². The van der Waals surface area contributed by atoms with Crippen molar-refractivity contribution < 1.29 is 8.42 Å². The van der Waals surface area contributed by atoms with Gasteiger partial charge in [-0.3, -0.25) is 0 Å². The largest absolute Gasteiger partial charge is 0.315 e. The van der Waals surface area contributed by atoms with Gasteiger partial charge >= 0.3 is 0 Å². The number of nitrogens with one attached hydrogen (secondary N) is 1. The molecule has 1 atom stereocenters. The van der Waals surface area contributed by atoms with Crippen LogP contribution < -0.4 is 5.32 Å². The molecular weight excluding hydrogens is 250 g/mol. The first kappa shape index (κ1) is 11.8. The first-order valence-electron chi connectivity index (χ1n) is 5.04. The van der Waals surface area contributed by atoms with Crippen molar-refractivity contribution in [1.29, 1.82) is 0 Å². The Kier molecular flexibility index (Phi) is 3.41. The lowest BCUT2D eigenvalue weighted by Gasteiger charge is -2.21. The molecule has 0 amide bonds. The summed E-state index contributed by atoms with van der Waals surface area (Å²) in [4.78, 5) is 0. The maximum absolute atomic E-state index is 12.1. The van der Waals surface area contributed by atoms with Gasteiger partial charge in [-0.05, 0) is 31.5 Å². The zero-order chi connectivity index (χ0) is 11.6. The highest BCUT2D eigenvalue weighted by molar-refractivity contribution is 7.92. The fourth-order valence-electron chi connectivity index (χ4n) is 1.71. The van der Waals surface area contributed by atoms with Crippen molar-refractivity contribution in [3.05, 3.63) is 17.3 Å². The Hall–Kier alpha value is -0.720. The average Bonchev–Trinajstić information content (AvgIpc) is 2.31. The molecule has 16 heavy (non-hydrogen) atoms. The maximum atomic E-state index is 12.1. The van der Waals surface area contributed by atoms with Crippen molar-refractivity contribution in [1.82, 2.24) is 15.5 Å². The molecule has 1 aromatic rings. The van der Waals surface area contributed by atoms with Crippen LogP contribution in [0.25, 0.3) is 0 Å². The van der Waals surface area contributed by atoms with Gasteiger partial charge in [-0.25, -0.2) is 8.42 Å². The van der Waals surface area contributed by atoms with Crippen molar-refractivity contribution in [2.75, 3.05) is 13.1 Å². The fraction of sp³-hybridized carbons (Fsp3) is 0.556. The number of halogens is 1. The topological polar surface area (TPSA) is 72.0 Å². The van der Waals surface area contributed by atoms with E-state index >= 15 is 0 Å². The number of sulfone groups is 1. The van der Waals surface area contributed by atoms with E-state index in [-0.39, 0.29) is 10.2 Å². The van der Waals surface area contributed by atoms with E-state index in [1.165, 1.54) is 12.1 Å². The lowest BCUT2D eigenvalue weighted by atomic mass is 10.2. The molecule has 1 aliphatic rings. The van der Waals surface area contributed by atoms with Crippen LogP contribution in [0.3, 0.4) is 0 Å². The van der Waals surface area contributed by atoms with Crippen molar-refractivity contribution >= 4 is 21.4 Å². The molecule has 1 aliphatic heterocycles. The molecular formula is C9H12ClN3O2S. The van der Waals surface area contributed by atoms with Crippen molar-refractivity contribution in [3.8, 4) is 0 Å². The Balaban J connectivity index is 2.27. The number of piperidine rings is 1. The van der Waals surface area contributed by atoms with Crippen LogP contribution in [-0.2, 0) is 9.84 Å². The third-order valence-electron chi connectivity index (χ3n) is 2.59. The zero-order valence-electron chi connectivity index (χ0n) is 8.56. The second-order valence-electron chi connectivity index (χ2n) is 3.71. The zero-order valence-corrected chi connectivity index (χ0v) is 10.1. The van der Waals surface area contributed by atoms with E-state index in [2.05, 4.69) is 15.5 Å². The van der Waals surface area contributed by atoms with Crippen molar-refractivity contribution in [2.24, 2.45) is 0 Å². The van der Waals surface area contributed by atoms with Crippen LogP contribution in [0.1, 0.15) is 12.8 Å². The normalized spacial score (nSPS) is 21.9. The third kappa shape index (κ3) is 2.34. The van der Waals surface area contributed by atoms with Gasteiger partial charge in [0.25, 0.3) is 0 Å². The maximum Gasteiger partial charge on any atom is 0.201 e. The summed E-state index contributed by atoms with van der Waals surface area (Å²) in [6.45, 7) is 1.35. The van der Waals surface area contributed by atoms with Gasteiger partial charge in [0.1, 0.15) is 0 Å². The molecule has 0 spiro atoms. The average molecular weight is 262 g/mol. The summed E-state index contributed by atoms with van der Waals surface area (Å²) in [6.07, 6.45) is 1.53. The van der Waals surface area contributed by atoms with Crippen LogP contribution in [0, 0.1) is 0 Å². The molecule has 0 bridgehead atoms. The molecule has 2 rings (SSSR count). The van der Waals surface area contributed by atoms with E-state index in [4.69, 9.17) is 11.6 Å². The van der Waals surface area contributed by atoms with Crippen LogP contribution in [0.5, 0.6) is 0 Å². The summed E-state index contributed by atoms with van der Waals surface area (Å²) >= 11 is 5.57. The molecule has 1 aromatic heterocycles. The van der Waals surface area contributed by atoms with E-state index in [9.17, 15) is 8.42 Å². The van der Waals surface area contributed by atoms with Crippen LogP contribution in [-0.4, -0.2) is 37.0 Å².